The number of nitrogens with two attached hydrogens (primary N) is 1. The molecule has 4 heteroatoms. The van der Waals surface area contributed by atoms with E-state index in [0.29, 0.717) is 17.4 Å². The number of nitrogen functional groups attached to an aromatic ring is 1. The van der Waals surface area contributed by atoms with Gasteiger partial charge in [0.2, 0.25) is 5.91 Å². The summed E-state index contributed by atoms with van der Waals surface area (Å²) in [5.41, 5.74) is 6.39. The van der Waals surface area contributed by atoms with Gasteiger partial charge in [0, 0.05) is 12.1 Å². The normalized spacial score (nSPS) is 20.3. The maximum atomic E-state index is 12.4. The van der Waals surface area contributed by atoms with Gasteiger partial charge in [0.1, 0.15) is 5.82 Å². The molecule has 19 heavy (non-hydrogen) atoms. The summed E-state index contributed by atoms with van der Waals surface area (Å²) in [6.07, 6.45) is 6.83. The lowest BCUT2D eigenvalue weighted by molar-refractivity contribution is -0.121. The third kappa shape index (κ3) is 2.72. The van der Waals surface area contributed by atoms with Gasteiger partial charge in [0.05, 0.1) is 5.69 Å². The molecule has 0 aromatic carbocycles. The second-order valence-electron chi connectivity index (χ2n) is 5.97. The first-order chi connectivity index (χ1) is 9.16. The SMILES string of the molecule is CC(C(=O)Nc1cccnc1N)C(C1CC1)C1CC1. The van der Waals surface area contributed by atoms with Gasteiger partial charge in [-0.1, -0.05) is 6.92 Å². The van der Waals surface area contributed by atoms with E-state index in [1.165, 1.54) is 25.7 Å². The van der Waals surface area contributed by atoms with Crippen molar-refractivity contribution < 1.29 is 4.79 Å². The molecule has 2 aliphatic carbocycles. The zero-order valence-corrected chi connectivity index (χ0v) is 11.3. The Morgan fingerprint density at radius 3 is 2.53 bits per heavy atom. The largest absolute Gasteiger partial charge is 0.382 e. The minimum Gasteiger partial charge on any atom is -0.382 e. The third-order valence-electron chi connectivity index (χ3n) is 4.42. The highest BCUT2D eigenvalue weighted by molar-refractivity contribution is 5.94. The van der Waals surface area contributed by atoms with Crippen molar-refractivity contribution in [2.24, 2.45) is 23.7 Å². The number of carbonyl (C=O) groups is 1. The first-order valence-corrected chi connectivity index (χ1v) is 7.18. The molecule has 0 spiro atoms. The van der Waals surface area contributed by atoms with Crippen LogP contribution in [0.25, 0.3) is 0 Å². The number of rotatable bonds is 5. The Morgan fingerprint density at radius 1 is 1.37 bits per heavy atom. The van der Waals surface area contributed by atoms with E-state index in [2.05, 4.69) is 17.2 Å². The van der Waals surface area contributed by atoms with Crippen LogP contribution in [0.2, 0.25) is 0 Å². The summed E-state index contributed by atoms with van der Waals surface area (Å²) in [4.78, 5) is 16.4. The number of anilines is 2. The van der Waals surface area contributed by atoms with Crippen molar-refractivity contribution in [1.29, 1.82) is 0 Å². The Hall–Kier alpha value is -1.58. The molecule has 2 saturated carbocycles. The maximum Gasteiger partial charge on any atom is 0.227 e. The fraction of sp³-hybridized carbons (Fsp3) is 0.600. The average molecular weight is 259 g/mol. The smallest absolute Gasteiger partial charge is 0.227 e. The van der Waals surface area contributed by atoms with Crippen LogP contribution in [-0.4, -0.2) is 10.9 Å². The lowest BCUT2D eigenvalue weighted by Gasteiger charge is -2.23. The minimum absolute atomic E-state index is 0.0691. The van der Waals surface area contributed by atoms with Gasteiger partial charge in [-0.2, -0.15) is 0 Å². The average Bonchev–Trinajstić information content (AvgIpc) is 3.25. The predicted molar refractivity (Wildman–Crippen MR) is 75.4 cm³/mol. The molecular formula is C15H21N3O. The zero-order chi connectivity index (χ0) is 13.4. The molecule has 1 aromatic heterocycles. The summed E-state index contributed by atoms with van der Waals surface area (Å²) in [5, 5.41) is 2.93. The van der Waals surface area contributed by atoms with Crippen molar-refractivity contribution >= 4 is 17.4 Å². The highest BCUT2D eigenvalue weighted by Crippen LogP contribution is 2.52. The van der Waals surface area contributed by atoms with Gasteiger partial charge in [-0.15, -0.1) is 0 Å². The fourth-order valence-corrected chi connectivity index (χ4v) is 3.11. The van der Waals surface area contributed by atoms with Gasteiger partial charge in [0.15, 0.2) is 0 Å². The quantitative estimate of drug-likeness (QED) is 0.854. The van der Waals surface area contributed by atoms with E-state index in [-0.39, 0.29) is 11.8 Å². The van der Waals surface area contributed by atoms with Crippen molar-refractivity contribution in [1.82, 2.24) is 4.98 Å². The van der Waals surface area contributed by atoms with Gasteiger partial charge in [0.25, 0.3) is 0 Å². The summed E-state index contributed by atoms with van der Waals surface area (Å²) < 4.78 is 0. The van der Waals surface area contributed by atoms with Gasteiger partial charge >= 0.3 is 0 Å². The Labute approximate surface area is 113 Å². The zero-order valence-electron chi connectivity index (χ0n) is 11.3. The van der Waals surface area contributed by atoms with E-state index in [9.17, 15) is 4.79 Å². The van der Waals surface area contributed by atoms with E-state index in [1.807, 2.05) is 0 Å². The monoisotopic (exact) mass is 259 g/mol. The summed E-state index contributed by atoms with van der Waals surface area (Å²) in [6, 6.07) is 3.59. The van der Waals surface area contributed by atoms with Crippen LogP contribution in [0.15, 0.2) is 18.3 Å². The number of nitrogens with zero attached hydrogens (tertiary/aromatic N) is 1. The minimum atomic E-state index is 0.0691. The van der Waals surface area contributed by atoms with E-state index in [0.717, 1.165) is 11.8 Å². The van der Waals surface area contributed by atoms with Crippen LogP contribution < -0.4 is 11.1 Å². The topological polar surface area (TPSA) is 68.0 Å². The van der Waals surface area contributed by atoms with Crippen LogP contribution in [0.3, 0.4) is 0 Å². The van der Waals surface area contributed by atoms with Crippen LogP contribution in [0, 0.1) is 23.7 Å². The summed E-state index contributed by atoms with van der Waals surface area (Å²) in [6.45, 7) is 2.06. The number of aromatic nitrogens is 1. The second-order valence-corrected chi connectivity index (χ2v) is 5.97. The van der Waals surface area contributed by atoms with Crippen LogP contribution in [0.5, 0.6) is 0 Å². The molecular weight excluding hydrogens is 238 g/mol. The number of nitrogens with one attached hydrogen (secondary N) is 1. The van der Waals surface area contributed by atoms with Gasteiger partial charge in [-0.05, 0) is 55.6 Å². The molecule has 0 aliphatic heterocycles. The lowest BCUT2D eigenvalue weighted by atomic mass is 9.84. The standard InChI is InChI=1S/C15H21N3O/c1-9(13(10-4-5-10)11-6-7-11)15(19)18-12-3-2-8-17-14(12)16/h2-3,8-11,13H,4-7H2,1H3,(H2,16,17)(H,18,19). The molecule has 1 amide bonds. The molecule has 102 valence electrons. The predicted octanol–water partition coefficient (Wildman–Crippen LogP) is 2.67. The molecule has 1 atom stereocenters. The molecule has 1 aromatic rings. The summed E-state index contributed by atoms with van der Waals surface area (Å²) in [5.74, 6) is 2.66. The third-order valence-corrected chi connectivity index (χ3v) is 4.42. The van der Waals surface area contributed by atoms with Crippen LogP contribution in [0.1, 0.15) is 32.6 Å². The van der Waals surface area contributed by atoms with E-state index < -0.39 is 0 Å². The molecule has 1 heterocycles. The Morgan fingerprint density at radius 2 is 2.00 bits per heavy atom. The van der Waals surface area contributed by atoms with Crippen LogP contribution in [0.4, 0.5) is 11.5 Å². The fourth-order valence-electron chi connectivity index (χ4n) is 3.11. The molecule has 3 N–H and O–H groups in total. The maximum absolute atomic E-state index is 12.4. The summed E-state index contributed by atoms with van der Waals surface area (Å²) >= 11 is 0. The molecule has 3 rings (SSSR count). The number of amides is 1. The molecule has 0 saturated heterocycles. The Kier molecular flexibility index (Phi) is 3.17. The van der Waals surface area contributed by atoms with Gasteiger partial charge in [-0.3, -0.25) is 4.79 Å². The van der Waals surface area contributed by atoms with Crippen molar-refractivity contribution in [2.75, 3.05) is 11.1 Å². The van der Waals surface area contributed by atoms with Gasteiger partial charge < -0.3 is 11.1 Å². The van der Waals surface area contributed by atoms with Crippen molar-refractivity contribution in [3.63, 3.8) is 0 Å². The van der Waals surface area contributed by atoms with Crippen molar-refractivity contribution in [2.45, 2.75) is 32.6 Å². The Balaban J connectivity index is 1.67. The van der Waals surface area contributed by atoms with E-state index in [4.69, 9.17) is 5.73 Å². The number of pyridine rings is 1. The van der Waals surface area contributed by atoms with Gasteiger partial charge in [-0.25, -0.2) is 4.98 Å². The summed E-state index contributed by atoms with van der Waals surface area (Å²) in [7, 11) is 0. The first-order valence-electron chi connectivity index (χ1n) is 7.18. The molecule has 4 nitrogen and oxygen atoms in total. The Bertz CT molecular complexity index is 468. The van der Waals surface area contributed by atoms with E-state index >= 15 is 0 Å². The molecule has 0 radical (unpaired) electrons. The number of carbonyl (C=O) groups excluding carboxylic acids is 1. The molecule has 2 aliphatic rings. The molecule has 0 bridgehead atoms. The second kappa shape index (κ2) is 4.83. The highest BCUT2D eigenvalue weighted by atomic mass is 16.1. The first kappa shape index (κ1) is 12.5. The highest BCUT2D eigenvalue weighted by Gasteiger charge is 2.45. The van der Waals surface area contributed by atoms with Crippen LogP contribution in [-0.2, 0) is 4.79 Å². The molecule has 1 unspecified atom stereocenters. The number of hydrogen-bond acceptors (Lipinski definition) is 3. The lowest BCUT2D eigenvalue weighted by Crippen LogP contribution is -2.29. The van der Waals surface area contributed by atoms with Crippen LogP contribution >= 0.6 is 0 Å². The molecule has 2 fully saturated rings. The van der Waals surface area contributed by atoms with E-state index in [1.54, 1.807) is 18.3 Å². The van der Waals surface area contributed by atoms with Crippen molar-refractivity contribution in [3.05, 3.63) is 18.3 Å². The van der Waals surface area contributed by atoms with Crippen molar-refractivity contribution in [3.8, 4) is 0 Å². The number of hydrogen-bond donors (Lipinski definition) is 2.